The van der Waals surface area contributed by atoms with E-state index in [9.17, 15) is 29.2 Å². The summed E-state index contributed by atoms with van der Waals surface area (Å²) >= 11 is 0. The molecular formula is C23H28N3O10P. The van der Waals surface area contributed by atoms with Crippen LogP contribution < -0.4 is 20.9 Å². The number of benzene rings is 1. The van der Waals surface area contributed by atoms with E-state index in [1.54, 1.807) is 32.0 Å². The number of ether oxygens (including phenoxy) is 2. The molecule has 1 aromatic heterocycles. The summed E-state index contributed by atoms with van der Waals surface area (Å²) in [6.45, 7) is 4.04. The van der Waals surface area contributed by atoms with Crippen LogP contribution in [0.5, 0.6) is 5.75 Å². The molecule has 13 nitrogen and oxygen atoms in total. The number of rotatable bonds is 10. The van der Waals surface area contributed by atoms with Gasteiger partial charge in [-0.2, -0.15) is 5.09 Å². The number of nitrogens with one attached hydrogen (secondary N) is 2. The highest BCUT2D eigenvalue weighted by Crippen LogP contribution is 2.46. The highest BCUT2D eigenvalue weighted by atomic mass is 31.2. The van der Waals surface area contributed by atoms with Gasteiger partial charge in [0.15, 0.2) is 11.8 Å². The summed E-state index contributed by atoms with van der Waals surface area (Å²) in [5.41, 5.74) is -4.06. The minimum absolute atomic E-state index is 0.147. The fourth-order valence-electron chi connectivity index (χ4n) is 3.46. The number of terminal acetylenes is 1. The van der Waals surface area contributed by atoms with Gasteiger partial charge in [0.1, 0.15) is 24.0 Å². The molecule has 1 aliphatic rings. The molecule has 3 rings (SSSR count). The number of carbonyl (C=O) groups is 1. The molecule has 0 spiro atoms. The molecule has 0 bridgehead atoms. The second-order valence-electron chi connectivity index (χ2n) is 8.49. The summed E-state index contributed by atoms with van der Waals surface area (Å²) in [7, 11) is -4.32. The maximum atomic E-state index is 13.6. The van der Waals surface area contributed by atoms with Gasteiger partial charge in [0.25, 0.3) is 5.56 Å². The Hall–Kier alpha value is -3.24. The molecule has 2 heterocycles. The van der Waals surface area contributed by atoms with Gasteiger partial charge in [0.2, 0.25) is 0 Å². The Morgan fingerprint density at radius 1 is 1.30 bits per heavy atom. The predicted molar refractivity (Wildman–Crippen MR) is 129 cm³/mol. The molecule has 1 aliphatic heterocycles. The normalized spacial score (nSPS) is 25.7. The van der Waals surface area contributed by atoms with E-state index in [4.69, 9.17) is 24.9 Å². The Bertz CT molecular complexity index is 1300. The van der Waals surface area contributed by atoms with Gasteiger partial charge in [-0.1, -0.05) is 24.1 Å². The van der Waals surface area contributed by atoms with Crippen molar-refractivity contribution in [3.05, 3.63) is 63.4 Å². The first-order chi connectivity index (χ1) is 17.4. The summed E-state index contributed by atoms with van der Waals surface area (Å²) in [6, 6.07) is 7.84. The Morgan fingerprint density at radius 2 is 1.97 bits per heavy atom. The van der Waals surface area contributed by atoms with E-state index < -0.39 is 67.8 Å². The lowest BCUT2D eigenvalue weighted by Crippen LogP contribution is -2.48. The Morgan fingerprint density at radius 3 is 2.57 bits per heavy atom. The number of H-pyrrole nitrogens is 1. The minimum Gasteiger partial charge on any atom is -0.462 e. The van der Waals surface area contributed by atoms with Crippen LogP contribution in [0.2, 0.25) is 0 Å². The molecule has 0 radical (unpaired) electrons. The summed E-state index contributed by atoms with van der Waals surface area (Å²) in [4.78, 5) is 37.9. The zero-order valence-corrected chi connectivity index (χ0v) is 21.2. The predicted octanol–water partition coefficient (Wildman–Crippen LogP) is 0.293. The van der Waals surface area contributed by atoms with Crippen LogP contribution >= 0.6 is 7.75 Å². The second kappa shape index (κ2) is 11.4. The average Bonchev–Trinajstić information content (AvgIpc) is 3.08. The van der Waals surface area contributed by atoms with Gasteiger partial charge in [-0.15, -0.1) is 6.42 Å². The fraction of sp³-hybridized carbons (Fsp3) is 0.435. The number of hydrogen-bond donors (Lipinski definition) is 4. The smallest absolute Gasteiger partial charge is 0.459 e. The van der Waals surface area contributed by atoms with Crippen LogP contribution in [0.4, 0.5) is 0 Å². The lowest BCUT2D eigenvalue weighted by molar-refractivity contribution is -0.149. The molecule has 4 N–H and O–H groups in total. The maximum Gasteiger partial charge on any atom is 0.459 e. The number of aromatic amines is 1. The molecule has 14 heteroatoms. The lowest BCUT2D eigenvalue weighted by atomic mass is 9.95. The van der Waals surface area contributed by atoms with E-state index in [1.165, 1.54) is 19.1 Å². The Kier molecular flexibility index (Phi) is 8.76. The third-order valence-electron chi connectivity index (χ3n) is 5.25. The average molecular weight is 537 g/mol. The molecule has 37 heavy (non-hydrogen) atoms. The molecule has 6 atom stereocenters. The number of nitrogens with zero attached hydrogens (tertiary/aromatic N) is 1. The molecule has 1 unspecified atom stereocenters. The summed E-state index contributed by atoms with van der Waals surface area (Å²) < 4.78 is 36.2. The van der Waals surface area contributed by atoms with Gasteiger partial charge in [-0.05, 0) is 32.9 Å². The first kappa shape index (κ1) is 28.3. The van der Waals surface area contributed by atoms with Crippen LogP contribution in [0.3, 0.4) is 0 Å². The summed E-state index contributed by atoms with van der Waals surface area (Å²) in [5, 5.41) is 24.1. The van der Waals surface area contributed by atoms with Crippen LogP contribution in [-0.4, -0.2) is 62.3 Å². The fourth-order valence-corrected chi connectivity index (χ4v) is 4.96. The van der Waals surface area contributed by atoms with Gasteiger partial charge in [0.05, 0.1) is 12.7 Å². The van der Waals surface area contributed by atoms with E-state index in [0.29, 0.717) is 0 Å². The van der Waals surface area contributed by atoms with Gasteiger partial charge >= 0.3 is 19.4 Å². The molecule has 1 fully saturated rings. The summed E-state index contributed by atoms with van der Waals surface area (Å²) in [6.07, 6.45) is 1.22. The second-order valence-corrected chi connectivity index (χ2v) is 10.2. The van der Waals surface area contributed by atoms with E-state index in [0.717, 1.165) is 16.8 Å². The number of aliphatic hydroxyl groups is 2. The number of carbonyl (C=O) groups excluding carboxylic acids is 1. The minimum atomic E-state index is -4.32. The first-order valence-electron chi connectivity index (χ1n) is 11.2. The van der Waals surface area contributed by atoms with E-state index in [2.05, 4.69) is 5.09 Å². The van der Waals surface area contributed by atoms with Crippen molar-refractivity contribution in [1.82, 2.24) is 14.6 Å². The lowest BCUT2D eigenvalue weighted by Gasteiger charge is -2.26. The van der Waals surface area contributed by atoms with Gasteiger partial charge < -0.3 is 24.2 Å². The standard InChI is InChI=1S/C23H28N3O10P/c1-5-23(31)19(28)17(35-21(23)26-12-11-18(27)24-22(26)30)13-33-37(32,36-16-9-7-6-8-10-16)25-15(4)20(29)34-14(2)3/h1,6-12,14-15,17,19,21,28,31H,13H2,2-4H3,(H,25,32)(H,24,27,30)/t15-,17+,19+,21+,23+,37?/m0/s1. The SMILES string of the molecule is C#C[C@@]1(O)[C@H](O)[C@@H](COP(=O)(N[C@@H](C)C(=O)OC(C)C)Oc2ccccc2)O[C@H]1n1ccc(=O)[nH]c1=O. The van der Waals surface area contributed by atoms with Crippen LogP contribution in [0, 0.1) is 12.3 Å². The van der Waals surface area contributed by atoms with Crippen LogP contribution in [0.1, 0.15) is 27.0 Å². The van der Waals surface area contributed by atoms with Crippen molar-refractivity contribution in [3.63, 3.8) is 0 Å². The molecular weight excluding hydrogens is 509 g/mol. The highest BCUT2D eigenvalue weighted by molar-refractivity contribution is 7.52. The van der Waals surface area contributed by atoms with Crippen molar-refractivity contribution in [2.24, 2.45) is 0 Å². The van der Waals surface area contributed by atoms with Crippen molar-refractivity contribution >= 4 is 13.7 Å². The van der Waals surface area contributed by atoms with E-state index >= 15 is 0 Å². The Balaban J connectivity index is 1.84. The van der Waals surface area contributed by atoms with Crippen LogP contribution in [0.15, 0.2) is 52.2 Å². The van der Waals surface area contributed by atoms with Crippen molar-refractivity contribution in [1.29, 1.82) is 0 Å². The van der Waals surface area contributed by atoms with Gasteiger partial charge in [-0.25, -0.2) is 9.36 Å². The van der Waals surface area contributed by atoms with Crippen LogP contribution in [0.25, 0.3) is 0 Å². The van der Waals surface area contributed by atoms with E-state index in [1.807, 2.05) is 10.9 Å². The Labute approximate surface area is 211 Å². The topological polar surface area (TPSA) is 178 Å². The molecule has 0 aliphatic carbocycles. The largest absolute Gasteiger partial charge is 0.462 e. The molecule has 1 saturated heterocycles. The highest BCUT2D eigenvalue weighted by Gasteiger charge is 2.56. The number of para-hydroxylation sites is 1. The molecule has 200 valence electrons. The number of hydrogen-bond acceptors (Lipinski definition) is 10. The number of aliphatic hydroxyl groups excluding tert-OH is 1. The third kappa shape index (κ3) is 6.56. The number of esters is 1. The number of aromatic nitrogens is 2. The molecule has 2 aromatic rings. The quantitative estimate of drug-likeness (QED) is 0.186. The van der Waals surface area contributed by atoms with Crippen molar-refractivity contribution in [2.75, 3.05) is 6.61 Å². The molecule has 0 saturated carbocycles. The van der Waals surface area contributed by atoms with Crippen LogP contribution in [-0.2, 0) is 23.4 Å². The zero-order valence-electron chi connectivity index (χ0n) is 20.3. The zero-order chi connectivity index (χ0) is 27.4. The first-order valence-corrected chi connectivity index (χ1v) is 12.8. The molecule has 0 amide bonds. The van der Waals surface area contributed by atoms with Gasteiger partial charge in [0, 0.05) is 12.3 Å². The van der Waals surface area contributed by atoms with Crippen molar-refractivity contribution < 1.29 is 38.1 Å². The van der Waals surface area contributed by atoms with E-state index in [-0.39, 0.29) is 5.75 Å². The maximum absolute atomic E-state index is 13.6. The van der Waals surface area contributed by atoms with Crippen molar-refractivity contribution in [2.45, 2.75) is 57.0 Å². The third-order valence-corrected chi connectivity index (χ3v) is 6.90. The van der Waals surface area contributed by atoms with Gasteiger partial charge in [-0.3, -0.25) is 23.7 Å². The molecule has 1 aromatic carbocycles. The van der Waals surface area contributed by atoms with Crippen molar-refractivity contribution in [3.8, 4) is 18.1 Å². The monoisotopic (exact) mass is 537 g/mol. The summed E-state index contributed by atoms with van der Waals surface area (Å²) in [5.74, 6) is 1.44.